The third kappa shape index (κ3) is 5.04. The minimum absolute atomic E-state index is 0.348. The normalized spacial score (nSPS) is 14.9. The lowest BCUT2D eigenvalue weighted by atomic mass is 10.0. The van der Waals surface area contributed by atoms with Crippen molar-refractivity contribution in [2.75, 3.05) is 54.9 Å². The molecule has 0 radical (unpaired) electrons. The number of fused-ring (bicyclic) bond motifs is 1. The van der Waals surface area contributed by atoms with Gasteiger partial charge in [-0.15, -0.1) is 11.3 Å². The summed E-state index contributed by atoms with van der Waals surface area (Å²) in [5.74, 6) is 2.28. The SMILES string of the molecule is CC(CN(C)c1nc(Nc2ccc3ncsc3c2)nc(N2CCNCC2)n1)c1ccccc1. The van der Waals surface area contributed by atoms with Crippen LogP contribution in [0.25, 0.3) is 10.2 Å². The van der Waals surface area contributed by atoms with Crippen molar-refractivity contribution in [3.8, 4) is 0 Å². The van der Waals surface area contributed by atoms with Crippen molar-refractivity contribution in [2.45, 2.75) is 12.8 Å². The summed E-state index contributed by atoms with van der Waals surface area (Å²) in [6.45, 7) is 6.63. The van der Waals surface area contributed by atoms with Gasteiger partial charge in [-0.2, -0.15) is 15.0 Å². The smallest absolute Gasteiger partial charge is 0.233 e. The van der Waals surface area contributed by atoms with Gasteiger partial charge in [0, 0.05) is 45.5 Å². The Labute approximate surface area is 197 Å². The maximum absolute atomic E-state index is 4.84. The lowest BCUT2D eigenvalue weighted by molar-refractivity contribution is 0.578. The van der Waals surface area contributed by atoms with Crippen molar-refractivity contribution in [3.63, 3.8) is 0 Å². The topological polar surface area (TPSA) is 82.1 Å². The first kappa shape index (κ1) is 21.5. The highest BCUT2D eigenvalue weighted by Crippen LogP contribution is 2.25. The van der Waals surface area contributed by atoms with Crippen LogP contribution in [0.3, 0.4) is 0 Å². The molecule has 0 bridgehead atoms. The Morgan fingerprint density at radius 3 is 2.73 bits per heavy atom. The van der Waals surface area contributed by atoms with Gasteiger partial charge in [-0.1, -0.05) is 37.3 Å². The number of anilines is 4. The zero-order valence-corrected chi connectivity index (χ0v) is 19.7. The molecule has 1 fully saturated rings. The second-order valence-corrected chi connectivity index (χ2v) is 9.23. The average molecular weight is 461 g/mol. The van der Waals surface area contributed by atoms with Gasteiger partial charge in [0.2, 0.25) is 17.8 Å². The van der Waals surface area contributed by atoms with Crippen LogP contribution in [-0.4, -0.2) is 59.7 Å². The van der Waals surface area contributed by atoms with Gasteiger partial charge in [0.05, 0.1) is 15.7 Å². The molecule has 1 saturated heterocycles. The first-order valence-corrected chi connectivity index (χ1v) is 12.1. The highest BCUT2D eigenvalue weighted by molar-refractivity contribution is 7.16. The van der Waals surface area contributed by atoms with Gasteiger partial charge in [0.1, 0.15) is 0 Å². The first-order chi connectivity index (χ1) is 16.2. The van der Waals surface area contributed by atoms with Gasteiger partial charge in [-0.05, 0) is 29.7 Å². The Morgan fingerprint density at radius 2 is 1.91 bits per heavy atom. The molecule has 8 nitrogen and oxygen atoms in total. The van der Waals surface area contributed by atoms with Gasteiger partial charge >= 0.3 is 0 Å². The number of nitrogens with one attached hydrogen (secondary N) is 2. The molecule has 9 heteroatoms. The maximum Gasteiger partial charge on any atom is 0.233 e. The van der Waals surface area contributed by atoms with Crippen LogP contribution in [0.15, 0.2) is 54.0 Å². The molecule has 1 atom stereocenters. The number of nitrogens with zero attached hydrogens (tertiary/aromatic N) is 6. The van der Waals surface area contributed by atoms with Crippen LogP contribution >= 0.6 is 11.3 Å². The summed E-state index contributed by atoms with van der Waals surface area (Å²) in [5.41, 5.74) is 5.10. The van der Waals surface area contributed by atoms with E-state index in [9.17, 15) is 0 Å². The monoisotopic (exact) mass is 460 g/mol. The highest BCUT2D eigenvalue weighted by Gasteiger charge is 2.19. The summed E-state index contributed by atoms with van der Waals surface area (Å²) < 4.78 is 1.13. The van der Waals surface area contributed by atoms with Crippen LogP contribution in [0.4, 0.5) is 23.5 Å². The Hall–Kier alpha value is -3.30. The summed E-state index contributed by atoms with van der Waals surface area (Å²) >= 11 is 1.62. The molecule has 2 aromatic heterocycles. The maximum atomic E-state index is 4.84. The molecule has 0 saturated carbocycles. The number of hydrogen-bond donors (Lipinski definition) is 2. The van der Waals surface area contributed by atoms with E-state index in [2.05, 4.69) is 62.7 Å². The quantitative estimate of drug-likeness (QED) is 0.430. The van der Waals surface area contributed by atoms with E-state index in [0.717, 1.165) is 48.6 Å². The van der Waals surface area contributed by atoms with E-state index in [1.165, 1.54) is 5.56 Å². The molecule has 0 aliphatic carbocycles. The first-order valence-electron chi connectivity index (χ1n) is 11.2. The predicted octanol–water partition coefficient (Wildman–Crippen LogP) is 3.87. The molecule has 5 rings (SSSR count). The summed E-state index contributed by atoms with van der Waals surface area (Å²) in [5, 5.41) is 6.78. The molecule has 0 amide bonds. The third-order valence-corrected chi connectivity index (χ3v) is 6.65. The zero-order chi connectivity index (χ0) is 22.6. The van der Waals surface area contributed by atoms with E-state index in [1.807, 2.05) is 30.8 Å². The van der Waals surface area contributed by atoms with Gasteiger partial charge in [-0.25, -0.2) is 4.98 Å². The lowest BCUT2D eigenvalue weighted by Gasteiger charge is -2.29. The van der Waals surface area contributed by atoms with E-state index < -0.39 is 0 Å². The largest absolute Gasteiger partial charge is 0.343 e. The standard InChI is InChI=1S/C24H28N8S/c1-17(18-6-4-3-5-7-18)15-31(2)23-28-22(29-24(30-23)32-12-10-25-11-13-32)27-19-8-9-20-21(14-19)33-16-26-20/h3-9,14,16-17,25H,10-13,15H2,1-2H3,(H,27,28,29,30). The molecule has 1 unspecified atom stereocenters. The molecule has 170 valence electrons. The Bertz CT molecular complexity index is 1210. The predicted molar refractivity (Wildman–Crippen MR) is 136 cm³/mol. The third-order valence-electron chi connectivity index (χ3n) is 5.86. The van der Waals surface area contributed by atoms with Gasteiger partial charge in [-0.3, -0.25) is 0 Å². The summed E-state index contributed by atoms with van der Waals surface area (Å²) in [7, 11) is 2.05. The second kappa shape index (κ2) is 9.68. The molecule has 0 spiro atoms. The fourth-order valence-electron chi connectivity index (χ4n) is 4.03. The molecular weight excluding hydrogens is 432 g/mol. The number of hydrogen-bond acceptors (Lipinski definition) is 9. The molecule has 1 aliphatic rings. The van der Waals surface area contributed by atoms with E-state index >= 15 is 0 Å². The van der Waals surface area contributed by atoms with Crippen molar-refractivity contribution in [2.24, 2.45) is 0 Å². The number of likely N-dealkylation sites (N-methyl/N-ethyl adjacent to an activating group) is 1. The number of aromatic nitrogens is 4. The highest BCUT2D eigenvalue weighted by atomic mass is 32.1. The summed E-state index contributed by atoms with van der Waals surface area (Å²) in [6.07, 6.45) is 0. The van der Waals surface area contributed by atoms with Crippen LogP contribution < -0.4 is 20.4 Å². The number of piperazine rings is 1. The minimum atomic E-state index is 0.348. The van der Waals surface area contributed by atoms with Crippen molar-refractivity contribution >= 4 is 45.1 Å². The van der Waals surface area contributed by atoms with E-state index in [-0.39, 0.29) is 0 Å². The van der Waals surface area contributed by atoms with E-state index in [0.29, 0.717) is 23.8 Å². The van der Waals surface area contributed by atoms with Crippen LogP contribution in [0.2, 0.25) is 0 Å². The molecule has 4 aromatic rings. The molecule has 3 heterocycles. The Kier molecular flexibility index (Phi) is 6.32. The fraction of sp³-hybridized carbons (Fsp3) is 0.333. The summed E-state index contributed by atoms with van der Waals surface area (Å²) in [6, 6.07) is 16.7. The second-order valence-electron chi connectivity index (χ2n) is 8.35. The van der Waals surface area contributed by atoms with E-state index in [1.54, 1.807) is 11.3 Å². The number of thiazole rings is 1. The van der Waals surface area contributed by atoms with Gasteiger partial charge in [0.25, 0.3) is 0 Å². The van der Waals surface area contributed by atoms with Crippen LogP contribution in [0.1, 0.15) is 18.4 Å². The van der Waals surface area contributed by atoms with Crippen LogP contribution in [0, 0.1) is 0 Å². The van der Waals surface area contributed by atoms with Crippen LogP contribution in [-0.2, 0) is 0 Å². The van der Waals surface area contributed by atoms with Crippen molar-refractivity contribution in [1.82, 2.24) is 25.3 Å². The zero-order valence-electron chi connectivity index (χ0n) is 18.9. The van der Waals surface area contributed by atoms with Crippen LogP contribution in [0.5, 0.6) is 0 Å². The summed E-state index contributed by atoms with van der Waals surface area (Å²) in [4.78, 5) is 23.1. The molecule has 2 aromatic carbocycles. The lowest BCUT2D eigenvalue weighted by Crippen LogP contribution is -2.44. The average Bonchev–Trinajstić information content (AvgIpc) is 3.33. The minimum Gasteiger partial charge on any atom is -0.343 e. The van der Waals surface area contributed by atoms with Crippen molar-refractivity contribution in [3.05, 3.63) is 59.6 Å². The van der Waals surface area contributed by atoms with Gasteiger partial charge < -0.3 is 20.4 Å². The van der Waals surface area contributed by atoms with Crippen molar-refractivity contribution in [1.29, 1.82) is 0 Å². The Morgan fingerprint density at radius 1 is 1.09 bits per heavy atom. The van der Waals surface area contributed by atoms with Crippen molar-refractivity contribution < 1.29 is 0 Å². The Balaban J connectivity index is 1.42. The molecule has 33 heavy (non-hydrogen) atoms. The van der Waals surface area contributed by atoms with Gasteiger partial charge in [0.15, 0.2) is 0 Å². The molecule has 1 aliphatic heterocycles. The number of rotatable bonds is 7. The molecule has 2 N–H and O–H groups in total. The number of benzene rings is 2. The fourth-order valence-corrected chi connectivity index (χ4v) is 4.74. The molecular formula is C24H28N8S. The van der Waals surface area contributed by atoms with E-state index in [4.69, 9.17) is 15.0 Å².